The lowest BCUT2D eigenvalue weighted by molar-refractivity contribution is 1.19. The molecule has 2 aromatic heterocycles. The zero-order chi connectivity index (χ0) is 12.7. The van der Waals surface area contributed by atoms with Crippen LogP contribution in [0, 0.1) is 6.92 Å². The molecule has 2 nitrogen and oxygen atoms in total. The lowest BCUT2D eigenvalue weighted by atomic mass is 10.1. The average Bonchev–Trinajstić information content (AvgIpc) is 2.63. The fourth-order valence-corrected chi connectivity index (χ4v) is 2.85. The summed E-state index contributed by atoms with van der Waals surface area (Å²) in [6.07, 6.45) is 2.08. The molecule has 1 aromatic carbocycles. The number of fused-ring (bicyclic) bond motifs is 1. The third-order valence-electron chi connectivity index (χ3n) is 3.17. The Kier molecular flexibility index (Phi) is 2.63. The highest BCUT2D eigenvalue weighted by atomic mass is 79.9. The van der Waals surface area contributed by atoms with Crippen LogP contribution in [0.2, 0.25) is 0 Å². The van der Waals surface area contributed by atoms with E-state index in [0.29, 0.717) is 0 Å². The van der Waals surface area contributed by atoms with Crippen LogP contribution in [0.1, 0.15) is 5.56 Å². The summed E-state index contributed by atoms with van der Waals surface area (Å²) in [5.41, 5.74) is 11.4. The van der Waals surface area contributed by atoms with E-state index in [-0.39, 0.29) is 0 Å². The Morgan fingerprint density at radius 3 is 2.72 bits per heavy atom. The van der Waals surface area contributed by atoms with Crippen LogP contribution in [-0.2, 0) is 0 Å². The number of nitrogens with zero attached hydrogens (tertiary/aromatic N) is 1. The third kappa shape index (κ3) is 1.63. The molecule has 0 aliphatic rings. The van der Waals surface area contributed by atoms with E-state index in [2.05, 4.69) is 45.6 Å². The summed E-state index contributed by atoms with van der Waals surface area (Å²) in [5.74, 6) is 0. The molecule has 0 radical (unpaired) electrons. The number of aromatic nitrogens is 1. The predicted octanol–water partition coefficient (Wildman–Crippen LogP) is 4.26. The Labute approximate surface area is 114 Å². The Morgan fingerprint density at radius 2 is 1.94 bits per heavy atom. The molecule has 0 bridgehead atoms. The van der Waals surface area contributed by atoms with E-state index in [1.165, 1.54) is 16.8 Å². The van der Waals surface area contributed by atoms with E-state index in [1.54, 1.807) is 0 Å². The van der Waals surface area contributed by atoms with E-state index in [4.69, 9.17) is 5.73 Å². The van der Waals surface area contributed by atoms with Crippen LogP contribution in [-0.4, -0.2) is 4.40 Å². The van der Waals surface area contributed by atoms with Crippen LogP contribution in [0.5, 0.6) is 0 Å². The molecule has 0 spiro atoms. The van der Waals surface area contributed by atoms with Crippen molar-refractivity contribution >= 4 is 27.1 Å². The number of pyridine rings is 1. The van der Waals surface area contributed by atoms with Crippen LogP contribution in [0.15, 0.2) is 53.1 Å². The fourth-order valence-electron chi connectivity index (χ4n) is 2.34. The molecule has 2 N–H and O–H groups in total. The van der Waals surface area contributed by atoms with Crippen LogP contribution < -0.4 is 5.73 Å². The molecule has 0 fully saturated rings. The first kappa shape index (κ1) is 11.4. The molecule has 0 saturated heterocycles. The summed E-state index contributed by atoms with van der Waals surface area (Å²) >= 11 is 3.67. The molecule has 3 aromatic rings. The van der Waals surface area contributed by atoms with Gasteiger partial charge in [-0.3, -0.25) is 0 Å². The summed E-state index contributed by atoms with van der Waals surface area (Å²) in [5, 5.41) is 0. The van der Waals surface area contributed by atoms with Gasteiger partial charge < -0.3 is 10.1 Å². The summed E-state index contributed by atoms with van der Waals surface area (Å²) < 4.78 is 3.33. The van der Waals surface area contributed by atoms with Crippen molar-refractivity contribution in [2.45, 2.75) is 6.92 Å². The van der Waals surface area contributed by atoms with E-state index in [0.717, 1.165) is 15.7 Å². The molecule has 2 heterocycles. The summed E-state index contributed by atoms with van der Waals surface area (Å²) in [7, 11) is 0. The molecule has 0 aliphatic carbocycles. The Balaban J connectivity index is 2.39. The van der Waals surface area contributed by atoms with Gasteiger partial charge in [0.1, 0.15) is 0 Å². The van der Waals surface area contributed by atoms with Gasteiger partial charge in [-0.05, 0) is 52.7 Å². The third-order valence-corrected chi connectivity index (χ3v) is 4.17. The maximum atomic E-state index is 5.88. The van der Waals surface area contributed by atoms with Crippen LogP contribution >= 0.6 is 15.9 Å². The minimum absolute atomic E-state index is 0.786. The smallest absolute Gasteiger partial charge is 0.0601 e. The van der Waals surface area contributed by atoms with Crippen LogP contribution in [0.4, 0.5) is 5.69 Å². The van der Waals surface area contributed by atoms with E-state index < -0.39 is 0 Å². The topological polar surface area (TPSA) is 30.4 Å². The maximum absolute atomic E-state index is 5.88. The molecule has 3 heteroatoms. The number of nitrogen functional groups attached to an aromatic ring is 1. The molecular formula is C15H13BrN2. The Morgan fingerprint density at radius 1 is 1.11 bits per heavy atom. The molecule has 90 valence electrons. The van der Waals surface area contributed by atoms with Crippen molar-refractivity contribution < 1.29 is 0 Å². The largest absolute Gasteiger partial charge is 0.399 e. The van der Waals surface area contributed by atoms with Crippen molar-refractivity contribution in [2.24, 2.45) is 0 Å². The van der Waals surface area contributed by atoms with Gasteiger partial charge in [0, 0.05) is 21.9 Å². The first-order valence-corrected chi connectivity index (χ1v) is 6.59. The molecule has 18 heavy (non-hydrogen) atoms. The zero-order valence-electron chi connectivity index (χ0n) is 10.0. The first-order chi connectivity index (χ1) is 8.68. The molecule has 0 atom stereocenters. The highest BCUT2D eigenvalue weighted by Gasteiger charge is 2.13. The maximum Gasteiger partial charge on any atom is 0.0601 e. The van der Waals surface area contributed by atoms with Crippen molar-refractivity contribution in [1.82, 2.24) is 4.40 Å². The second kappa shape index (κ2) is 4.18. The van der Waals surface area contributed by atoms with Crippen LogP contribution in [0.3, 0.4) is 0 Å². The second-order valence-corrected chi connectivity index (χ2v) is 5.16. The lowest BCUT2D eigenvalue weighted by Gasteiger charge is -2.05. The number of anilines is 1. The molecular weight excluding hydrogens is 288 g/mol. The van der Waals surface area contributed by atoms with Gasteiger partial charge >= 0.3 is 0 Å². The average molecular weight is 301 g/mol. The van der Waals surface area contributed by atoms with E-state index in [9.17, 15) is 0 Å². The Bertz CT molecular complexity index is 728. The van der Waals surface area contributed by atoms with Gasteiger partial charge in [-0.25, -0.2) is 0 Å². The number of hydrogen-bond acceptors (Lipinski definition) is 1. The number of halogens is 1. The second-order valence-electron chi connectivity index (χ2n) is 4.37. The zero-order valence-corrected chi connectivity index (χ0v) is 11.6. The first-order valence-electron chi connectivity index (χ1n) is 5.79. The lowest BCUT2D eigenvalue weighted by Crippen LogP contribution is -1.90. The van der Waals surface area contributed by atoms with E-state index >= 15 is 0 Å². The molecule has 0 unspecified atom stereocenters. The van der Waals surface area contributed by atoms with Gasteiger partial charge in [0.15, 0.2) is 0 Å². The van der Waals surface area contributed by atoms with Gasteiger partial charge in [-0.2, -0.15) is 0 Å². The fraction of sp³-hybridized carbons (Fsp3) is 0.0667. The highest BCUT2D eigenvalue weighted by molar-refractivity contribution is 9.10. The van der Waals surface area contributed by atoms with Gasteiger partial charge in [0.05, 0.1) is 11.2 Å². The number of rotatable bonds is 1. The summed E-state index contributed by atoms with van der Waals surface area (Å²) in [6, 6.07) is 14.2. The minimum atomic E-state index is 0.786. The van der Waals surface area contributed by atoms with Crippen molar-refractivity contribution in [1.29, 1.82) is 0 Å². The van der Waals surface area contributed by atoms with Crippen molar-refractivity contribution in [2.75, 3.05) is 5.73 Å². The van der Waals surface area contributed by atoms with Gasteiger partial charge in [0.25, 0.3) is 0 Å². The molecule has 0 aliphatic heterocycles. The minimum Gasteiger partial charge on any atom is -0.399 e. The van der Waals surface area contributed by atoms with Gasteiger partial charge in [-0.15, -0.1) is 0 Å². The predicted molar refractivity (Wildman–Crippen MR) is 79.7 cm³/mol. The molecule has 0 amide bonds. The molecule has 3 rings (SSSR count). The standard InChI is InChI=1S/C15H13BrN2/c1-10-14(16)13-7-2-3-8-18(13)15(10)11-5-4-6-12(17)9-11/h2-9H,17H2,1H3. The Hall–Kier alpha value is -1.74. The van der Waals surface area contributed by atoms with Gasteiger partial charge in [-0.1, -0.05) is 18.2 Å². The van der Waals surface area contributed by atoms with Crippen LogP contribution in [0.25, 0.3) is 16.8 Å². The summed E-state index contributed by atoms with van der Waals surface area (Å²) in [4.78, 5) is 0. The monoisotopic (exact) mass is 300 g/mol. The van der Waals surface area contributed by atoms with Crippen molar-refractivity contribution in [3.05, 3.63) is 58.7 Å². The van der Waals surface area contributed by atoms with Crippen molar-refractivity contribution in [3.8, 4) is 11.3 Å². The highest BCUT2D eigenvalue weighted by Crippen LogP contribution is 2.35. The normalized spacial score (nSPS) is 11.0. The summed E-state index contributed by atoms with van der Waals surface area (Å²) in [6.45, 7) is 2.12. The number of benzene rings is 1. The van der Waals surface area contributed by atoms with Crippen molar-refractivity contribution in [3.63, 3.8) is 0 Å². The van der Waals surface area contributed by atoms with E-state index in [1.807, 2.05) is 30.3 Å². The SMILES string of the molecule is Cc1c(Br)c2ccccn2c1-c1cccc(N)c1. The number of hydrogen-bond donors (Lipinski definition) is 1. The molecule has 0 saturated carbocycles. The number of nitrogens with two attached hydrogens (primary N) is 1. The quantitative estimate of drug-likeness (QED) is 0.669. The van der Waals surface area contributed by atoms with Gasteiger partial charge in [0.2, 0.25) is 0 Å².